The van der Waals surface area contributed by atoms with Crippen LogP contribution in [0.3, 0.4) is 0 Å². The normalized spacial score (nSPS) is 10.5. The summed E-state index contributed by atoms with van der Waals surface area (Å²) in [6, 6.07) is 5.42. The van der Waals surface area contributed by atoms with Gasteiger partial charge in [-0.15, -0.1) is 11.6 Å². The third-order valence-corrected chi connectivity index (χ3v) is 2.45. The zero-order valence-electron chi connectivity index (χ0n) is 8.11. The van der Waals surface area contributed by atoms with E-state index in [0.717, 1.165) is 5.52 Å². The number of halogens is 1. The van der Waals surface area contributed by atoms with E-state index in [2.05, 4.69) is 4.98 Å². The van der Waals surface area contributed by atoms with Gasteiger partial charge in [-0.3, -0.25) is 4.79 Å². The van der Waals surface area contributed by atoms with Crippen molar-refractivity contribution in [2.75, 3.05) is 7.11 Å². The summed E-state index contributed by atoms with van der Waals surface area (Å²) < 4.78 is 6.76. The second-order valence-corrected chi connectivity index (χ2v) is 3.26. The van der Waals surface area contributed by atoms with Gasteiger partial charge in [-0.2, -0.15) is 4.98 Å². The smallest absolute Gasteiger partial charge is 0.280 e. The Kier molecular flexibility index (Phi) is 2.60. The van der Waals surface area contributed by atoms with Gasteiger partial charge in [0, 0.05) is 6.07 Å². The standard InChI is InChI=1S/C10H9ClN2O2/c1-15-7-2-3-8-9(4-7)13(5-11)6-12-10(8)14/h2-4,6H,5H2,1H3. The molecule has 0 spiro atoms. The van der Waals surface area contributed by atoms with E-state index in [1.165, 1.54) is 6.33 Å². The number of hydrogen-bond donors (Lipinski definition) is 0. The van der Waals surface area contributed by atoms with E-state index in [1.807, 2.05) is 0 Å². The minimum absolute atomic E-state index is 0.247. The first-order valence-corrected chi connectivity index (χ1v) is 4.89. The minimum atomic E-state index is -0.256. The highest BCUT2D eigenvalue weighted by Gasteiger charge is 2.04. The topological polar surface area (TPSA) is 44.1 Å². The molecule has 0 amide bonds. The predicted octanol–water partition coefficient (Wildman–Crippen LogP) is 1.60. The van der Waals surface area contributed by atoms with E-state index in [9.17, 15) is 4.79 Å². The molecule has 4 nitrogen and oxygen atoms in total. The van der Waals surface area contributed by atoms with Gasteiger partial charge in [0.05, 0.1) is 24.0 Å². The predicted molar refractivity (Wildman–Crippen MR) is 58.4 cm³/mol. The van der Waals surface area contributed by atoms with Crippen molar-refractivity contribution in [3.8, 4) is 5.75 Å². The van der Waals surface area contributed by atoms with Crippen molar-refractivity contribution in [3.05, 3.63) is 34.9 Å². The Morgan fingerprint density at radius 2 is 2.33 bits per heavy atom. The molecule has 1 heterocycles. The Bertz CT molecular complexity index is 551. The van der Waals surface area contributed by atoms with Crippen molar-refractivity contribution in [3.63, 3.8) is 0 Å². The van der Waals surface area contributed by atoms with Crippen molar-refractivity contribution < 1.29 is 4.74 Å². The molecule has 15 heavy (non-hydrogen) atoms. The van der Waals surface area contributed by atoms with Crippen LogP contribution in [0.2, 0.25) is 0 Å². The fraction of sp³-hybridized carbons (Fsp3) is 0.200. The summed E-state index contributed by atoms with van der Waals surface area (Å²) in [7, 11) is 1.57. The number of hydrogen-bond acceptors (Lipinski definition) is 3. The Balaban J connectivity index is 2.83. The van der Waals surface area contributed by atoms with Crippen LogP contribution in [0.4, 0.5) is 0 Å². The summed E-state index contributed by atoms with van der Waals surface area (Å²) in [6.45, 7) is 0. The first kappa shape index (κ1) is 9.98. The first-order valence-electron chi connectivity index (χ1n) is 4.35. The number of ether oxygens (including phenoxy) is 1. The van der Waals surface area contributed by atoms with Crippen LogP contribution in [0.25, 0.3) is 10.9 Å². The van der Waals surface area contributed by atoms with E-state index in [0.29, 0.717) is 11.1 Å². The highest BCUT2D eigenvalue weighted by Crippen LogP contribution is 2.17. The number of rotatable bonds is 2. The van der Waals surface area contributed by atoms with Crippen LogP contribution in [0.1, 0.15) is 0 Å². The second kappa shape index (κ2) is 3.90. The minimum Gasteiger partial charge on any atom is -0.497 e. The van der Waals surface area contributed by atoms with Crippen LogP contribution in [0, 0.1) is 0 Å². The zero-order chi connectivity index (χ0) is 10.8. The molecule has 2 rings (SSSR count). The average molecular weight is 225 g/mol. The lowest BCUT2D eigenvalue weighted by molar-refractivity contribution is 0.415. The monoisotopic (exact) mass is 224 g/mol. The molecule has 1 aromatic heterocycles. The van der Waals surface area contributed by atoms with Crippen molar-refractivity contribution in [2.24, 2.45) is 0 Å². The Morgan fingerprint density at radius 1 is 1.53 bits per heavy atom. The molecule has 0 N–H and O–H groups in total. The molecule has 78 valence electrons. The highest BCUT2D eigenvalue weighted by atomic mass is 35.5. The van der Waals surface area contributed by atoms with E-state index < -0.39 is 0 Å². The molecule has 0 unspecified atom stereocenters. The van der Waals surface area contributed by atoms with Crippen LogP contribution < -0.4 is 10.3 Å². The summed E-state index contributed by atoms with van der Waals surface area (Å²) in [5, 5.41) is 0.541. The van der Waals surface area contributed by atoms with E-state index in [4.69, 9.17) is 16.3 Å². The quantitative estimate of drug-likeness (QED) is 0.728. The van der Waals surface area contributed by atoms with Gasteiger partial charge in [0.1, 0.15) is 12.1 Å². The number of methoxy groups -OCH3 is 1. The Morgan fingerprint density at radius 3 is 3.00 bits per heavy atom. The Labute approximate surface area is 91.1 Å². The van der Waals surface area contributed by atoms with Crippen LogP contribution >= 0.6 is 11.6 Å². The molecular weight excluding hydrogens is 216 g/mol. The lowest BCUT2D eigenvalue weighted by Crippen LogP contribution is -2.11. The molecule has 0 radical (unpaired) electrons. The van der Waals surface area contributed by atoms with Crippen LogP contribution in [-0.2, 0) is 6.00 Å². The first-order chi connectivity index (χ1) is 7.26. The van der Waals surface area contributed by atoms with Gasteiger partial charge in [-0.25, -0.2) is 0 Å². The fourth-order valence-corrected chi connectivity index (χ4v) is 1.60. The van der Waals surface area contributed by atoms with Gasteiger partial charge in [0.2, 0.25) is 0 Å². The summed E-state index contributed by atoms with van der Waals surface area (Å²) in [5.74, 6) is 0.687. The SMILES string of the molecule is COc1ccc2c(=O)ncn(CCl)c2c1. The van der Waals surface area contributed by atoms with Gasteiger partial charge in [0.25, 0.3) is 5.56 Å². The molecule has 2 aromatic rings. The molecule has 0 atom stereocenters. The molecule has 0 fully saturated rings. The largest absolute Gasteiger partial charge is 0.497 e. The van der Waals surface area contributed by atoms with Gasteiger partial charge in [0.15, 0.2) is 0 Å². The summed E-state index contributed by atoms with van der Waals surface area (Å²) in [6.07, 6.45) is 1.43. The summed E-state index contributed by atoms with van der Waals surface area (Å²) in [4.78, 5) is 15.2. The highest BCUT2D eigenvalue weighted by molar-refractivity contribution is 6.15. The van der Waals surface area contributed by atoms with Crippen molar-refractivity contribution >= 4 is 22.5 Å². The number of aromatic nitrogens is 2. The molecule has 1 aromatic carbocycles. The van der Waals surface area contributed by atoms with Gasteiger partial charge >= 0.3 is 0 Å². The maximum Gasteiger partial charge on any atom is 0.280 e. The second-order valence-electron chi connectivity index (χ2n) is 3.02. The third kappa shape index (κ3) is 1.68. The maximum absolute atomic E-state index is 11.4. The molecule has 0 bridgehead atoms. The molecule has 0 aliphatic carbocycles. The van der Waals surface area contributed by atoms with Crippen molar-refractivity contribution in [2.45, 2.75) is 6.00 Å². The number of benzene rings is 1. The van der Waals surface area contributed by atoms with Crippen LogP contribution in [-0.4, -0.2) is 16.7 Å². The number of alkyl halides is 1. The van der Waals surface area contributed by atoms with Gasteiger partial charge in [-0.05, 0) is 12.1 Å². The molecule has 0 aliphatic heterocycles. The lowest BCUT2D eigenvalue weighted by atomic mass is 10.2. The number of fused-ring (bicyclic) bond motifs is 1. The summed E-state index contributed by atoms with van der Waals surface area (Å²) >= 11 is 5.73. The van der Waals surface area contributed by atoms with E-state index in [-0.39, 0.29) is 11.6 Å². The molecule has 0 aliphatic rings. The fourth-order valence-electron chi connectivity index (χ4n) is 1.41. The van der Waals surface area contributed by atoms with Crippen LogP contribution in [0.15, 0.2) is 29.3 Å². The maximum atomic E-state index is 11.4. The number of nitrogens with zero attached hydrogens (tertiary/aromatic N) is 2. The lowest BCUT2D eigenvalue weighted by Gasteiger charge is -2.07. The van der Waals surface area contributed by atoms with Crippen molar-refractivity contribution in [1.29, 1.82) is 0 Å². The van der Waals surface area contributed by atoms with Gasteiger partial charge in [-0.1, -0.05) is 0 Å². The zero-order valence-corrected chi connectivity index (χ0v) is 8.86. The average Bonchev–Trinajstić information content (AvgIpc) is 2.29. The Hall–Kier alpha value is -1.55. The molecular formula is C10H9ClN2O2. The van der Waals surface area contributed by atoms with E-state index in [1.54, 1.807) is 29.9 Å². The van der Waals surface area contributed by atoms with Crippen molar-refractivity contribution in [1.82, 2.24) is 9.55 Å². The van der Waals surface area contributed by atoms with Gasteiger partial charge < -0.3 is 9.30 Å². The van der Waals surface area contributed by atoms with Crippen LogP contribution in [0.5, 0.6) is 5.75 Å². The third-order valence-electron chi connectivity index (χ3n) is 2.19. The molecule has 0 saturated carbocycles. The van der Waals surface area contributed by atoms with E-state index >= 15 is 0 Å². The summed E-state index contributed by atoms with van der Waals surface area (Å²) in [5.41, 5.74) is 0.471. The molecule has 5 heteroatoms. The molecule has 0 saturated heterocycles.